The van der Waals surface area contributed by atoms with Crippen LogP contribution in [0.2, 0.25) is 0 Å². The lowest BCUT2D eigenvalue weighted by atomic mass is 10.4. The molecule has 0 unspecified atom stereocenters. The maximum absolute atomic E-state index is 12.2. The molecule has 6 nitrogen and oxygen atoms in total. The minimum Gasteiger partial charge on any atom is -0.301 e. The average Bonchev–Trinajstić information content (AvgIpc) is 2.31. The summed E-state index contributed by atoms with van der Waals surface area (Å²) in [6.07, 6.45) is 0. The summed E-state index contributed by atoms with van der Waals surface area (Å²) in [4.78, 5) is 11.5. The van der Waals surface area contributed by atoms with Crippen LogP contribution in [0, 0.1) is 6.92 Å². The van der Waals surface area contributed by atoms with Crippen LogP contribution in [0.25, 0.3) is 0 Å². The van der Waals surface area contributed by atoms with Crippen molar-refractivity contribution in [1.29, 1.82) is 0 Å². The summed E-state index contributed by atoms with van der Waals surface area (Å²) >= 11 is 0.961. The summed E-state index contributed by atoms with van der Waals surface area (Å²) in [5.74, 6) is 0.137. The van der Waals surface area contributed by atoms with Gasteiger partial charge in [-0.2, -0.15) is 5.10 Å². The van der Waals surface area contributed by atoms with E-state index in [-0.39, 0.29) is 11.4 Å². The van der Waals surface area contributed by atoms with Crippen LogP contribution < -0.4 is 5.56 Å². The first-order valence-corrected chi connectivity index (χ1v) is 8.72. The van der Waals surface area contributed by atoms with E-state index in [1.807, 2.05) is 0 Å². The molecule has 0 aliphatic heterocycles. The van der Waals surface area contributed by atoms with Gasteiger partial charge in [0, 0.05) is 6.07 Å². The van der Waals surface area contributed by atoms with Crippen molar-refractivity contribution < 1.29 is 13.6 Å². The Morgan fingerprint density at radius 3 is 2.50 bits per heavy atom. The van der Waals surface area contributed by atoms with Crippen LogP contribution in [-0.2, 0) is 19.5 Å². The van der Waals surface area contributed by atoms with Gasteiger partial charge in [-0.15, -0.1) is 0 Å². The molecule has 0 fully saturated rings. The molecule has 0 aromatic carbocycles. The van der Waals surface area contributed by atoms with E-state index in [2.05, 4.69) is 5.10 Å². The van der Waals surface area contributed by atoms with Crippen molar-refractivity contribution in [1.82, 2.24) is 9.78 Å². The minimum absolute atomic E-state index is 0.137. The van der Waals surface area contributed by atoms with Gasteiger partial charge in [0.1, 0.15) is 5.88 Å². The van der Waals surface area contributed by atoms with Crippen LogP contribution >= 0.6 is 18.2 Å². The molecule has 1 rings (SSSR count). The maximum Gasteiger partial charge on any atom is 0.390 e. The second kappa shape index (κ2) is 7.09. The zero-order valence-electron chi connectivity index (χ0n) is 10.7. The number of hydrogen-bond acceptors (Lipinski definition) is 6. The Morgan fingerprint density at radius 1 is 1.33 bits per heavy atom. The Bertz CT molecular complexity index is 481. The third-order valence-electron chi connectivity index (χ3n) is 1.91. The average molecular weight is 292 g/mol. The summed E-state index contributed by atoms with van der Waals surface area (Å²) in [7, 11) is 0. The van der Waals surface area contributed by atoms with Crippen molar-refractivity contribution in [3.8, 4) is 0 Å². The fourth-order valence-electron chi connectivity index (χ4n) is 1.20. The molecular weight excluding hydrogens is 275 g/mol. The lowest BCUT2D eigenvalue weighted by Crippen LogP contribution is -2.21. The van der Waals surface area contributed by atoms with Crippen molar-refractivity contribution >= 4 is 18.2 Å². The predicted octanol–water partition coefficient (Wildman–Crippen LogP) is 2.42. The van der Waals surface area contributed by atoms with Crippen LogP contribution in [-0.4, -0.2) is 23.0 Å². The number of aromatic nitrogens is 2. The van der Waals surface area contributed by atoms with Gasteiger partial charge in [0.15, 0.2) is 0 Å². The molecular formula is C10H17N2O4PS. The van der Waals surface area contributed by atoms with Gasteiger partial charge in [0.25, 0.3) is 5.56 Å². The summed E-state index contributed by atoms with van der Waals surface area (Å²) in [5, 5.41) is 4.05. The van der Waals surface area contributed by atoms with Crippen molar-refractivity contribution in [3.63, 3.8) is 0 Å². The molecule has 0 N–H and O–H groups in total. The molecule has 0 spiro atoms. The van der Waals surface area contributed by atoms with E-state index in [1.165, 1.54) is 10.7 Å². The van der Waals surface area contributed by atoms with E-state index in [0.717, 1.165) is 17.1 Å². The molecule has 0 atom stereocenters. The van der Waals surface area contributed by atoms with E-state index in [9.17, 15) is 9.36 Å². The quantitative estimate of drug-likeness (QED) is 0.719. The highest BCUT2D eigenvalue weighted by Gasteiger charge is 2.24. The molecule has 1 aromatic heterocycles. The minimum atomic E-state index is -3.20. The van der Waals surface area contributed by atoms with Gasteiger partial charge >= 0.3 is 6.80 Å². The predicted molar refractivity (Wildman–Crippen MR) is 71.7 cm³/mol. The number of nitrogens with zero attached hydrogens (tertiary/aromatic N) is 2. The number of aryl methyl sites for hydroxylation is 1. The lowest BCUT2D eigenvalue weighted by Gasteiger charge is -2.15. The second-order valence-corrected chi connectivity index (χ2v) is 7.40. The topological polar surface area (TPSA) is 70.4 Å². The molecule has 102 valence electrons. The first-order valence-electron chi connectivity index (χ1n) is 5.59. The van der Waals surface area contributed by atoms with Crippen molar-refractivity contribution in [2.75, 3.05) is 13.2 Å². The van der Waals surface area contributed by atoms with Crippen LogP contribution in [0.15, 0.2) is 16.9 Å². The summed E-state index contributed by atoms with van der Waals surface area (Å²) in [6.45, 7) is 2.64. The highest BCUT2D eigenvalue weighted by atomic mass is 32.7. The van der Waals surface area contributed by atoms with Crippen LogP contribution in [0.5, 0.6) is 0 Å². The Hall–Kier alpha value is -0.620. The molecule has 0 saturated carbocycles. The maximum atomic E-state index is 12.2. The highest BCUT2D eigenvalue weighted by Crippen LogP contribution is 2.60. The Kier molecular flexibility index (Phi) is 6.08. The Balaban J connectivity index is 2.75. The van der Waals surface area contributed by atoms with Crippen LogP contribution in [0.1, 0.15) is 19.5 Å². The van der Waals surface area contributed by atoms with Gasteiger partial charge in [-0.1, -0.05) is 0 Å². The Labute approximate surface area is 110 Å². The van der Waals surface area contributed by atoms with E-state index < -0.39 is 6.80 Å². The zero-order chi connectivity index (χ0) is 13.6. The molecule has 0 bridgehead atoms. The van der Waals surface area contributed by atoms with Gasteiger partial charge in [-0.25, -0.2) is 9.25 Å². The van der Waals surface area contributed by atoms with E-state index >= 15 is 0 Å². The lowest BCUT2D eigenvalue weighted by molar-refractivity contribution is 0.236. The van der Waals surface area contributed by atoms with Crippen molar-refractivity contribution in [2.45, 2.75) is 26.6 Å². The molecule has 18 heavy (non-hydrogen) atoms. The Morgan fingerprint density at radius 2 is 1.94 bits per heavy atom. The van der Waals surface area contributed by atoms with Gasteiger partial charge < -0.3 is 9.05 Å². The fourth-order valence-corrected chi connectivity index (χ4v) is 4.32. The van der Waals surface area contributed by atoms with E-state index in [4.69, 9.17) is 9.05 Å². The van der Waals surface area contributed by atoms with Gasteiger partial charge in [-0.3, -0.25) is 4.79 Å². The van der Waals surface area contributed by atoms with Gasteiger partial charge in [0.2, 0.25) is 0 Å². The molecule has 0 aliphatic carbocycles. The summed E-state index contributed by atoms with van der Waals surface area (Å²) < 4.78 is 23.6. The van der Waals surface area contributed by atoms with Crippen LogP contribution in [0.4, 0.5) is 0 Å². The number of hydrogen-bond donors (Lipinski definition) is 0. The largest absolute Gasteiger partial charge is 0.390 e. The van der Waals surface area contributed by atoms with E-state index in [0.29, 0.717) is 13.2 Å². The smallest absolute Gasteiger partial charge is 0.301 e. The van der Waals surface area contributed by atoms with Gasteiger partial charge in [0.05, 0.1) is 18.9 Å². The first-order chi connectivity index (χ1) is 8.50. The highest BCUT2D eigenvalue weighted by molar-refractivity contribution is 8.54. The third-order valence-corrected chi connectivity index (χ3v) is 5.67. The van der Waals surface area contributed by atoms with E-state index in [1.54, 1.807) is 26.8 Å². The normalized spacial score (nSPS) is 11.7. The molecule has 1 heterocycles. The second-order valence-electron chi connectivity index (χ2n) is 3.35. The van der Waals surface area contributed by atoms with Crippen molar-refractivity contribution in [2.24, 2.45) is 0 Å². The monoisotopic (exact) mass is 292 g/mol. The van der Waals surface area contributed by atoms with Crippen molar-refractivity contribution in [3.05, 3.63) is 28.2 Å². The molecule has 1 aromatic rings. The standard InChI is InChI=1S/C10H17N2O4PS/c1-4-15-17(14,16-5-2)18-8-12-10(13)7-6-9(3)11-12/h6-7H,4-5,8H2,1-3H3. The molecule has 8 heteroatoms. The zero-order valence-corrected chi connectivity index (χ0v) is 12.4. The summed E-state index contributed by atoms with van der Waals surface area (Å²) in [5.41, 5.74) is 0.477. The molecule has 0 radical (unpaired) electrons. The molecule has 0 amide bonds. The fraction of sp³-hybridized carbons (Fsp3) is 0.600. The van der Waals surface area contributed by atoms with Gasteiger partial charge in [-0.05, 0) is 38.2 Å². The SMILES string of the molecule is CCOP(=O)(OCC)SCn1nc(C)ccc1=O. The molecule has 0 aliphatic rings. The van der Waals surface area contributed by atoms with Crippen LogP contribution in [0.3, 0.4) is 0 Å². The molecule has 0 saturated heterocycles. The summed E-state index contributed by atoms with van der Waals surface area (Å²) in [6, 6.07) is 3.06. The third kappa shape index (κ3) is 4.57. The number of rotatable bonds is 7. The first kappa shape index (κ1) is 15.4.